The van der Waals surface area contributed by atoms with Gasteiger partial charge in [-0.1, -0.05) is 79.4 Å². The lowest BCUT2D eigenvalue weighted by Gasteiger charge is -2.26. The predicted molar refractivity (Wildman–Crippen MR) is 146 cm³/mol. The molecule has 172 valence electrons. The Morgan fingerprint density at radius 2 is 1.75 bits per heavy atom. The number of allylic oxidation sites excluding steroid dienone is 3. The molecule has 0 saturated carbocycles. The number of benzene rings is 3. The van der Waals surface area contributed by atoms with Crippen LogP contribution in [-0.2, 0) is 0 Å². The molecule has 36 heavy (non-hydrogen) atoms. The molecule has 4 aromatic rings. The highest BCUT2D eigenvalue weighted by molar-refractivity contribution is 5.99. The second kappa shape index (κ2) is 6.35. The predicted octanol–water partition coefficient (Wildman–Crippen LogP) is 4.69. The van der Waals surface area contributed by atoms with Gasteiger partial charge >= 0.3 is 0 Å². The number of hydrogen-bond acceptors (Lipinski definition) is 3. The zero-order valence-corrected chi connectivity index (χ0v) is 19.7. The quantitative estimate of drug-likeness (QED) is 0.414. The Labute approximate surface area is 209 Å². The molecule has 4 heteroatoms. The molecule has 0 radical (unpaired) electrons. The summed E-state index contributed by atoms with van der Waals surface area (Å²) in [6.07, 6.45) is 13.9. The smallest absolute Gasteiger partial charge is 0.113 e. The van der Waals surface area contributed by atoms with Crippen LogP contribution in [0.25, 0.3) is 28.8 Å². The maximum absolute atomic E-state index is 4.53. The van der Waals surface area contributed by atoms with Gasteiger partial charge in [-0.25, -0.2) is 0 Å². The Hall–Kier alpha value is -4.12. The van der Waals surface area contributed by atoms with Crippen LogP contribution in [0.2, 0.25) is 0 Å². The number of anilines is 2. The average Bonchev–Trinajstić information content (AvgIpc) is 3.12. The minimum absolute atomic E-state index is 0.0538. The van der Waals surface area contributed by atoms with Crippen LogP contribution < -0.4 is 20.8 Å². The zero-order valence-electron chi connectivity index (χ0n) is 19.7. The van der Waals surface area contributed by atoms with Crippen molar-refractivity contribution in [1.29, 1.82) is 0 Å². The fourth-order valence-corrected chi connectivity index (χ4v) is 7.20. The third kappa shape index (κ3) is 2.14. The van der Waals surface area contributed by atoms with Gasteiger partial charge in [-0.2, -0.15) is 0 Å². The molecule has 5 heterocycles. The Bertz CT molecular complexity index is 1830. The summed E-state index contributed by atoms with van der Waals surface area (Å²) in [6.45, 7) is 4.53. The van der Waals surface area contributed by atoms with Crippen LogP contribution >= 0.6 is 0 Å². The summed E-state index contributed by atoms with van der Waals surface area (Å²) in [6, 6.07) is 26.8. The molecular formula is C32H24N4. The van der Waals surface area contributed by atoms with Crippen LogP contribution in [0.3, 0.4) is 0 Å². The van der Waals surface area contributed by atoms with Crippen LogP contribution in [0.4, 0.5) is 11.4 Å². The van der Waals surface area contributed by atoms with Crippen LogP contribution in [0.5, 0.6) is 0 Å². The van der Waals surface area contributed by atoms with Gasteiger partial charge in [-0.05, 0) is 41.5 Å². The van der Waals surface area contributed by atoms with Gasteiger partial charge in [0.25, 0.3) is 0 Å². The number of nitrogens with zero attached hydrogens (tertiary/aromatic N) is 3. The van der Waals surface area contributed by atoms with E-state index in [0.717, 1.165) is 22.5 Å². The van der Waals surface area contributed by atoms with Gasteiger partial charge in [-0.15, -0.1) is 0 Å². The van der Waals surface area contributed by atoms with Crippen LogP contribution in [-0.4, -0.2) is 21.2 Å². The lowest BCUT2D eigenvalue weighted by Crippen LogP contribution is -2.42. The van der Waals surface area contributed by atoms with Crippen molar-refractivity contribution >= 4 is 40.1 Å². The average molecular weight is 465 g/mol. The van der Waals surface area contributed by atoms with Gasteiger partial charge in [0.1, 0.15) is 11.8 Å². The Morgan fingerprint density at radius 1 is 0.889 bits per heavy atom. The molecule has 1 aliphatic carbocycles. The van der Waals surface area contributed by atoms with E-state index in [1.165, 1.54) is 27.0 Å². The van der Waals surface area contributed by atoms with Crippen molar-refractivity contribution in [1.82, 2.24) is 14.8 Å². The van der Waals surface area contributed by atoms with Crippen molar-refractivity contribution in [2.75, 3.05) is 4.90 Å². The van der Waals surface area contributed by atoms with E-state index in [1.54, 1.807) is 0 Å². The van der Waals surface area contributed by atoms with Crippen LogP contribution in [0.15, 0.2) is 104 Å². The molecule has 2 saturated heterocycles. The topological polar surface area (TPSA) is 23.2 Å². The fourth-order valence-electron chi connectivity index (χ4n) is 7.20. The molecule has 1 N–H and O–H groups in total. The first-order chi connectivity index (χ1) is 17.8. The monoisotopic (exact) mass is 464 g/mol. The van der Waals surface area contributed by atoms with E-state index >= 15 is 0 Å². The molecule has 0 bridgehead atoms. The Kier molecular flexibility index (Phi) is 3.37. The summed E-state index contributed by atoms with van der Waals surface area (Å²) < 4.78 is 2.56. The van der Waals surface area contributed by atoms with Crippen molar-refractivity contribution in [3.63, 3.8) is 0 Å². The number of nitrogens with one attached hydrogen (secondary N) is 1. The fraction of sp³-hybridized carbons (Fsp3) is 0.125. The maximum atomic E-state index is 4.53. The molecular weight excluding hydrogens is 440 g/mol. The molecule has 0 amide bonds. The first-order valence-electron chi connectivity index (χ1n) is 12.7. The minimum Gasteiger partial charge on any atom is -0.321 e. The normalized spacial score (nSPS) is 31.8. The SMILES string of the molecule is C=C1/C=c2\c(n3c4c(cccc24)C2C3NC34C=CC=CC3N24)=C/N(c2ccccc2)c2ccccc21. The van der Waals surface area contributed by atoms with E-state index in [1.807, 2.05) is 0 Å². The zero-order chi connectivity index (χ0) is 23.6. The van der Waals surface area contributed by atoms with E-state index < -0.39 is 0 Å². The number of fused-ring (bicyclic) bond motifs is 9. The van der Waals surface area contributed by atoms with Crippen LogP contribution in [0, 0.1) is 0 Å². The number of hydrogen-bond donors (Lipinski definition) is 1. The first kappa shape index (κ1) is 19.1. The largest absolute Gasteiger partial charge is 0.321 e. The lowest BCUT2D eigenvalue weighted by molar-refractivity contribution is 0.331. The number of piperazine rings is 1. The molecule has 5 atom stereocenters. The van der Waals surface area contributed by atoms with Gasteiger partial charge in [0.05, 0.1) is 28.6 Å². The van der Waals surface area contributed by atoms with Crippen LogP contribution in [0.1, 0.15) is 23.3 Å². The van der Waals surface area contributed by atoms with Gasteiger partial charge in [-0.3, -0.25) is 10.2 Å². The summed E-state index contributed by atoms with van der Waals surface area (Å²) in [5, 5.41) is 7.82. The molecule has 5 unspecified atom stereocenters. The van der Waals surface area contributed by atoms with E-state index in [4.69, 9.17) is 0 Å². The highest BCUT2D eigenvalue weighted by Gasteiger charge is 2.71. The molecule has 9 rings (SSSR count). The molecule has 4 aliphatic heterocycles. The molecule has 3 aromatic carbocycles. The van der Waals surface area contributed by atoms with Gasteiger partial charge in [0.2, 0.25) is 0 Å². The van der Waals surface area contributed by atoms with Crippen molar-refractivity contribution in [3.05, 3.63) is 125 Å². The summed E-state index contributed by atoms with van der Waals surface area (Å²) in [5.74, 6) is 0. The van der Waals surface area contributed by atoms with Crippen molar-refractivity contribution in [2.24, 2.45) is 0 Å². The minimum atomic E-state index is -0.0538. The third-order valence-electron chi connectivity index (χ3n) is 8.69. The Morgan fingerprint density at radius 3 is 2.67 bits per heavy atom. The molecule has 2 fully saturated rings. The molecule has 1 aromatic heterocycles. The Balaban J connectivity index is 1.37. The number of para-hydroxylation sites is 3. The van der Waals surface area contributed by atoms with Crippen molar-refractivity contribution in [3.8, 4) is 0 Å². The first-order valence-corrected chi connectivity index (χ1v) is 12.7. The second-order valence-electron chi connectivity index (χ2n) is 10.4. The van der Waals surface area contributed by atoms with E-state index in [9.17, 15) is 0 Å². The van der Waals surface area contributed by atoms with Crippen molar-refractivity contribution < 1.29 is 0 Å². The molecule has 1 spiro atoms. The highest BCUT2D eigenvalue weighted by atomic mass is 15.6. The summed E-state index contributed by atoms with van der Waals surface area (Å²) in [4.78, 5) is 4.98. The summed E-state index contributed by atoms with van der Waals surface area (Å²) >= 11 is 0. The van der Waals surface area contributed by atoms with Gasteiger partial charge < -0.3 is 9.47 Å². The summed E-state index contributed by atoms with van der Waals surface area (Å²) in [7, 11) is 0. The lowest BCUT2D eigenvalue weighted by atomic mass is 9.99. The number of aromatic nitrogens is 1. The second-order valence-corrected chi connectivity index (χ2v) is 10.4. The summed E-state index contributed by atoms with van der Waals surface area (Å²) in [5.41, 5.74) is 7.19. The highest BCUT2D eigenvalue weighted by Crippen LogP contribution is 2.61. The van der Waals surface area contributed by atoms with E-state index in [2.05, 4.69) is 136 Å². The molecule has 4 nitrogen and oxygen atoms in total. The standard InChI is InChI=1S/C32H24N4/c1-20-18-25-23-13-9-14-24-29(23)35(31-30(24)36-28-16-7-8-17-32(28,36)33-31)27(25)19-34(21-10-3-2-4-11-21)26-15-6-5-12-22(20)26/h2-19,28,30-31,33H,1H2/b25-18-,27-19+. The maximum Gasteiger partial charge on any atom is 0.113 e. The number of rotatable bonds is 1. The third-order valence-corrected chi connectivity index (χ3v) is 8.69. The van der Waals surface area contributed by atoms with Crippen molar-refractivity contribution in [2.45, 2.75) is 23.9 Å². The van der Waals surface area contributed by atoms with Gasteiger partial charge in [0, 0.05) is 28.1 Å². The van der Waals surface area contributed by atoms with E-state index in [-0.39, 0.29) is 11.8 Å². The van der Waals surface area contributed by atoms with Gasteiger partial charge in [0.15, 0.2) is 0 Å². The molecule has 5 aliphatic rings. The van der Waals surface area contributed by atoms with E-state index in [0.29, 0.717) is 12.1 Å².